The molecule has 1 aliphatic carbocycles. The normalized spacial score (nSPS) is 16.3. The van der Waals surface area contributed by atoms with Crippen LogP contribution in [0.1, 0.15) is 65.1 Å². The number of likely N-dealkylation sites (tertiary alicyclic amines) is 1. The Morgan fingerprint density at radius 1 is 1.07 bits per heavy atom. The number of methoxy groups -OCH3 is 1. The minimum atomic E-state index is -0.803. The largest absolute Gasteiger partial charge is 0.448 e. The highest BCUT2D eigenvalue weighted by atomic mass is 35.5. The van der Waals surface area contributed by atoms with E-state index in [0.717, 1.165) is 17.7 Å². The fraction of sp³-hybridized carbons (Fsp3) is 0.364. The summed E-state index contributed by atoms with van der Waals surface area (Å²) < 4.78 is 13.4. The van der Waals surface area contributed by atoms with E-state index in [1.165, 1.54) is 38.3 Å². The summed E-state index contributed by atoms with van der Waals surface area (Å²) in [5, 5.41) is 8.13. The second kappa shape index (κ2) is 12.1. The molecule has 0 spiro atoms. The lowest BCUT2D eigenvalue weighted by Crippen LogP contribution is -2.35. The number of amides is 1. The summed E-state index contributed by atoms with van der Waals surface area (Å²) in [6.45, 7) is 5.22. The minimum Gasteiger partial charge on any atom is -0.448 e. The Morgan fingerprint density at radius 2 is 1.77 bits per heavy atom. The van der Waals surface area contributed by atoms with E-state index in [-0.39, 0.29) is 37.2 Å². The number of carbonyl (C=O) groups excluding carboxylic acids is 2. The highest BCUT2D eigenvalue weighted by molar-refractivity contribution is 7.16. The van der Waals surface area contributed by atoms with Gasteiger partial charge in [0.1, 0.15) is 12.4 Å². The van der Waals surface area contributed by atoms with Crippen LogP contribution in [0.2, 0.25) is 4.34 Å². The molecule has 0 saturated carbocycles. The first kappa shape index (κ1) is 29.4. The zero-order valence-electron chi connectivity index (χ0n) is 24.5. The Labute approximate surface area is 260 Å². The predicted octanol–water partition coefficient (Wildman–Crippen LogP) is 7.61. The van der Waals surface area contributed by atoms with Crippen molar-refractivity contribution in [2.75, 3.05) is 32.2 Å². The van der Waals surface area contributed by atoms with Crippen molar-refractivity contribution < 1.29 is 19.1 Å². The average molecular weight is 619 g/mol. The van der Waals surface area contributed by atoms with Crippen LogP contribution >= 0.6 is 22.9 Å². The summed E-state index contributed by atoms with van der Waals surface area (Å²) in [5.74, 6) is 0.352. The zero-order chi connectivity index (χ0) is 30.1. The van der Waals surface area contributed by atoms with Gasteiger partial charge in [0.15, 0.2) is 0 Å². The molecule has 1 fully saturated rings. The fourth-order valence-electron chi connectivity index (χ4n) is 6.15. The predicted molar refractivity (Wildman–Crippen MR) is 169 cm³/mol. The maximum atomic E-state index is 13.6. The van der Waals surface area contributed by atoms with Crippen LogP contribution in [0.3, 0.4) is 0 Å². The molecule has 0 bridgehead atoms. The molecular weight excluding hydrogens is 584 g/mol. The van der Waals surface area contributed by atoms with Crippen LogP contribution in [0.15, 0.2) is 66.7 Å². The number of carbonyl (C=O) groups is 2. The number of benzene rings is 2. The fourth-order valence-corrected chi connectivity index (χ4v) is 7.17. The molecule has 2 aliphatic rings. The van der Waals surface area contributed by atoms with E-state index in [0.29, 0.717) is 28.9 Å². The number of rotatable bonds is 9. The first-order valence-corrected chi connectivity index (χ1v) is 15.7. The molecule has 224 valence electrons. The van der Waals surface area contributed by atoms with Gasteiger partial charge in [-0.05, 0) is 61.1 Å². The summed E-state index contributed by atoms with van der Waals surface area (Å²) in [6, 6.07) is 22.0. The van der Waals surface area contributed by atoms with E-state index in [1.807, 2.05) is 56.3 Å². The highest BCUT2D eigenvalue weighted by Gasteiger charge is 2.37. The molecule has 1 saturated heterocycles. The third-order valence-corrected chi connectivity index (χ3v) is 9.47. The van der Waals surface area contributed by atoms with Crippen molar-refractivity contribution in [2.45, 2.75) is 45.2 Å². The van der Waals surface area contributed by atoms with E-state index in [9.17, 15) is 9.59 Å². The molecule has 8 nitrogen and oxygen atoms in total. The van der Waals surface area contributed by atoms with Crippen LogP contribution in [0.5, 0.6) is 0 Å². The second-order valence-corrected chi connectivity index (χ2v) is 13.5. The SMILES string of the molecule is COCC(C)(C)C(=O)n1nc(C2CCCN2C(=O)OCC2c3ccccc3-c3ccccc32)cc1NCc1ccc(Cl)s1. The van der Waals surface area contributed by atoms with Gasteiger partial charge < -0.3 is 14.8 Å². The van der Waals surface area contributed by atoms with Crippen molar-refractivity contribution in [2.24, 2.45) is 5.41 Å². The summed E-state index contributed by atoms with van der Waals surface area (Å²) in [6.07, 6.45) is 1.19. The number of nitrogens with zero attached hydrogens (tertiary/aromatic N) is 3. The number of ether oxygens (including phenoxy) is 2. The number of hydrogen-bond donors (Lipinski definition) is 1. The van der Waals surface area contributed by atoms with Gasteiger partial charge in [-0.15, -0.1) is 11.3 Å². The van der Waals surface area contributed by atoms with Gasteiger partial charge in [0, 0.05) is 30.5 Å². The highest BCUT2D eigenvalue weighted by Crippen LogP contribution is 2.45. The number of aromatic nitrogens is 2. The van der Waals surface area contributed by atoms with E-state index in [1.54, 1.807) is 12.0 Å². The van der Waals surface area contributed by atoms with Crippen molar-refractivity contribution in [1.82, 2.24) is 14.7 Å². The minimum absolute atomic E-state index is 0.0150. The lowest BCUT2D eigenvalue weighted by molar-refractivity contribution is 0.0528. The number of halogens is 1. The molecule has 10 heteroatoms. The van der Waals surface area contributed by atoms with Gasteiger partial charge in [0.2, 0.25) is 0 Å². The van der Waals surface area contributed by atoms with Crippen LogP contribution < -0.4 is 5.32 Å². The molecule has 4 aromatic rings. The number of thiophene rings is 1. The third-order valence-electron chi connectivity index (χ3n) is 8.24. The van der Waals surface area contributed by atoms with Gasteiger partial charge in [-0.1, -0.05) is 60.1 Å². The number of nitrogens with one attached hydrogen (secondary N) is 1. The lowest BCUT2D eigenvalue weighted by Gasteiger charge is -2.24. The summed E-state index contributed by atoms with van der Waals surface area (Å²) in [4.78, 5) is 30.0. The molecule has 2 aromatic heterocycles. The van der Waals surface area contributed by atoms with Gasteiger partial charge in [-0.25, -0.2) is 4.79 Å². The van der Waals surface area contributed by atoms with E-state index >= 15 is 0 Å². The maximum absolute atomic E-state index is 13.6. The molecule has 1 aliphatic heterocycles. The van der Waals surface area contributed by atoms with Crippen LogP contribution in [0, 0.1) is 5.41 Å². The lowest BCUT2D eigenvalue weighted by atomic mass is 9.94. The molecule has 6 rings (SSSR count). The molecule has 1 atom stereocenters. The molecule has 0 radical (unpaired) electrons. The Kier molecular flexibility index (Phi) is 8.31. The Morgan fingerprint density at radius 3 is 2.42 bits per heavy atom. The van der Waals surface area contributed by atoms with Crippen LogP contribution in [-0.4, -0.2) is 53.5 Å². The van der Waals surface area contributed by atoms with Crippen molar-refractivity contribution in [1.29, 1.82) is 0 Å². The number of hydrogen-bond acceptors (Lipinski definition) is 7. The van der Waals surface area contributed by atoms with Crippen LogP contribution in [-0.2, 0) is 16.0 Å². The Balaban J connectivity index is 1.22. The quantitative estimate of drug-likeness (QED) is 0.208. The van der Waals surface area contributed by atoms with Crippen molar-refractivity contribution in [3.63, 3.8) is 0 Å². The first-order chi connectivity index (χ1) is 20.8. The molecule has 2 aromatic carbocycles. The first-order valence-electron chi connectivity index (χ1n) is 14.5. The Bertz CT molecular complexity index is 1600. The summed E-state index contributed by atoms with van der Waals surface area (Å²) in [7, 11) is 1.58. The van der Waals surface area contributed by atoms with Crippen LogP contribution in [0.25, 0.3) is 11.1 Å². The molecular formula is C33H35ClN4O4S. The van der Waals surface area contributed by atoms with Gasteiger partial charge in [0.25, 0.3) is 5.91 Å². The average Bonchev–Trinajstić information content (AvgIpc) is 3.79. The summed E-state index contributed by atoms with van der Waals surface area (Å²) in [5.41, 5.74) is 4.58. The summed E-state index contributed by atoms with van der Waals surface area (Å²) >= 11 is 7.60. The molecule has 1 unspecified atom stereocenters. The number of anilines is 1. The molecule has 1 amide bonds. The van der Waals surface area contributed by atoms with Crippen LogP contribution in [0.4, 0.5) is 10.6 Å². The van der Waals surface area contributed by atoms with E-state index < -0.39 is 5.41 Å². The Hall–Kier alpha value is -3.66. The molecule has 1 N–H and O–H groups in total. The smallest absolute Gasteiger partial charge is 0.410 e. The van der Waals surface area contributed by atoms with Crippen molar-refractivity contribution in [3.05, 3.63) is 92.8 Å². The third kappa shape index (κ3) is 5.81. The molecule has 3 heterocycles. The van der Waals surface area contributed by atoms with Crippen molar-refractivity contribution in [3.8, 4) is 11.1 Å². The van der Waals surface area contributed by atoms with Gasteiger partial charge in [-0.2, -0.15) is 9.78 Å². The van der Waals surface area contributed by atoms with Gasteiger partial charge in [0.05, 0.1) is 34.6 Å². The second-order valence-electron chi connectivity index (χ2n) is 11.7. The van der Waals surface area contributed by atoms with E-state index in [4.69, 9.17) is 26.2 Å². The topological polar surface area (TPSA) is 85.7 Å². The standard InChI is InChI=1S/C33H35ClN4O4S/c1-33(2,20-41-3)31(39)38-30(35-18-21-14-15-29(34)43-21)17-27(36-38)28-13-8-16-37(28)32(40)42-19-26-24-11-6-4-9-22(24)23-10-5-7-12-25(23)26/h4-7,9-12,14-15,17,26,28,35H,8,13,16,18-20H2,1-3H3. The van der Waals surface area contributed by atoms with Gasteiger partial charge >= 0.3 is 6.09 Å². The monoisotopic (exact) mass is 618 g/mol. The molecule has 43 heavy (non-hydrogen) atoms. The number of fused-ring (bicyclic) bond motifs is 3. The van der Waals surface area contributed by atoms with Crippen molar-refractivity contribution >= 4 is 40.8 Å². The maximum Gasteiger partial charge on any atom is 0.410 e. The van der Waals surface area contributed by atoms with Gasteiger partial charge in [-0.3, -0.25) is 9.69 Å². The van der Waals surface area contributed by atoms with E-state index in [2.05, 4.69) is 29.6 Å². The zero-order valence-corrected chi connectivity index (χ0v) is 26.1.